The normalized spacial score (nSPS) is 12.6. The molecular weight excluding hydrogens is 410 g/mol. The molecule has 0 saturated carbocycles. The topological polar surface area (TPSA) is 180 Å². The molecule has 28 heavy (non-hydrogen) atoms. The number of anilines is 1. The largest absolute Gasteiger partial charge is 0.507 e. The molecule has 0 saturated heterocycles. The SMILES string of the molecule is Nc1ccc2c(O)cc(S(=O)(=O)O)cc2c1/N=N/c1ccccc1S(=O)(=O)O. The van der Waals surface area contributed by atoms with Gasteiger partial charge in [0, 0.05) is 16.8 Å². The lowest BCUT2D eigenvalue weighted by Crippen LogP contribution is -1.98. The highest BCUT2D eigenvalue weighted by atomic mass is 32.2. The number of benzene rings is 3. The summed E-state index contributed by atoms with van der Waals surface area (Å²) in [5.41, 5.74) is 5.67. The zero-order valence-corrected chi connectivity index (χ0v) is 15.5. The first-order valence-electron chi connectivity index (χ1n) is 7.49. The molecule has 12 heteroatoms. The first-order chi connectivity index (χ1) is 13.0. The van der Waals surface area contributed by atoms with Crippen molar-refractivity contribution in [1.29, 1.82) is 0 Å². The number of hydrogen-bond donors (Lipinski definition) is 4. The Morgan fingerprint density at radius 2 is 1.50 bits per heavy atom. The third kappa shape index (κ3) is 3.80. The predicted octanol–water partition coefficient (Wildman–Crippen LogP) is 3.04. The van der Waals surface area contributed by atoms with E-state index in [-0.39, 0.29) is 27.8 Å². The minimum Gasteiger partial charge on any atom is -0.507 e. The summed E-state index contributed by atoms with van der Waals surface area (Å²) in [6, 6.07) is 9.97. The van der Waals surface area contributed by atoms with E-state index < -0.39 is 35.8 Å². The van der Waals surface area contributed by atoms with Crippen LogP contribution in [0.25, 0.3) is 10.8 Å². The molecule has 0 heterocycles. The van der Waals surface area contributed by atoms with E-state index >= 15 is 0 Å². The number of nitrogens with two attached hydrogens (primary N) is 1. The van der Waals surface area contributed by atoms with Crippen LogP contribution in [0, 0.1) is 0 Å². The number of hydrogen-bond acceptors (Lipinski definition) is 8. The van der Waals surface area contributed by atoms with Gasteiger partial charge in [-0.2, -0.15) is 16.8 Å². The summed E-state index contributed by atoms with van der Waals surface area (Å²) in [7, 11) is -9.19. The van der Waals surface area contributed by atoms with Crippen LogP contribution in [0.5, 0.6) is 5.75 Å². The van der Waals surface area contributed by atoms with Crippen molar-refractivity contribution in [2.75, 3.05) is 5.73 Å². The Morgan fingerprint density at radius 1 is 0.821 bits per heavy atom. The first-order valence-corrected chi connectivity index (χ1v) is 10.4. The van der Waals surface area contributed by atoms with Gasteiger partial charge < -0.3 is 10.8 Å². The molecule has 0 fully saturated rings. The summed E-state index contributed by atoms with van der Waals surface area (Å²) in [6.07, 6.45) is 0. The fourth-order valence-corrected chi connectivity index (χ4v) is 3.66. The molecule has 0 atom stereocenters. The molecule has 0 aliphatic carbocycles. The van der Waals surface area contributed by atoms with Gasteiger partial charge in [-0.05, 0) is 30.3 Å². The van der Waals surface area contributed by atoms with Crippen molar-refractivity contribution in [3.8, 4) is 5.75 Å². The van der Waals surface area contributed by atoms with Crippen molar-refractivity contribution in [2.45, 2.75) is 9.79 Å². The van der Waals surface area contributed by atoms with Crippen LogP contribution in [-0.4, -0.2) is 31.0 Å². The average molecular weight is 423 g/mol. The number of phenols is 1. The van der Waals surface area contributed by atoms with Gasteiger partial charge in [-0.15, -0.1) is 10.2 Å². The van der Waals surface area contributed by atoms with Crippen LogP contribution in [0.2, 0.25) is 0 Å². The molecule has 0 amide bonds. The average Bonchev–Trinajstić information content (AvgIpc) is 2.59. The molecule has 10 nitrogen and oxygen atoms in total. The first kappa shape index (κ1) is 19.7. The molecule has 0 bridgehead atoms. The second kappa shape index (κ2) is 6.83. The second-order valence-electron chi connectivity index (χ2n) is 5.66. The standard InChI is InChI=1S/C16H13N3O7S2/c17-12-6-5-10-11(7-9(8-14(10)20)27(21,22)23)16(12)19-18-13-3-1-2-4-15(13)28(24,25)26/h1-8,20H,17H2,(H,21,22,23)(H,24,25,26)/b19-18+. The van der Waals surface area contributed by atoms with Crippen LogP contribution in [-0.2, 0) is 20.2 Å². The fourth-order valence-electron chi connectivity index (χ4n) is 2.51. The maximum atomic E-state index is 11.4. The van der Waals surface area contributed by atoms with Gasteiger partial charge in [0.2, 0.25) is 0 Å². The molecule has 146 valence electrons. The molecule has 0 aromatic heterocycles. The van der Waals surface area contributed by atoms with Crippen molar-refractivity contribution in [3.05, 3.63) is 48.5 Å². The highest BCUT2D eigenvalue weighted by Crippen LogP contribution is 2.39. The van der Waals surface area contributed by atoms with Crippen molar-refractivity contribution in [2.24, 2.45) is 10.2 Å². The Labute approximate surface area is 159 Å². The van der Waals surface area contributed by atoms with Crippen molar-refractivity contribution < 1.29 is 31.0 Å². The van der Waals surface area contributed by atoms with E-state index in [9.17, 15) is 31.0 Å². The monoisotopic (exact) mass is 423 g/mol. The van der Waals surface area contributed by atoms with Crippen molar-refractivity contribution in [3.63, 3.8) is 0 Å². The van der Waals surface area contributed by atoms with Gasteiger partial charge in [0.05, 0.1) is 10.6 Å². The molecule has 0 unspecified atom stereocenters. The summed E-state index contributed by atoms with van der Waals surface area (Å²) in [4.78, 5) is -1.07. The van der Waals surface area contributed by atoms with Gasteiger partial charge in [-0.1, -0.05) is 12.1 Å². The minimum atomic E-state index is -4.63. The maximum Gasteiger partial charge on any atom is 0.296 e. The lowest BCUT2D eigenvalue weighted by Gasteiger charge is -2.09. The van der Waals surface area contributed by atoms with Crippen molar-refractivity contribution >= 4 is 48.1 Å². The maximum absolute atomic E-state index is 11.4. The number of fused-ring (bicyclic) bond motifs is 1. The Kier molecular flexibility index (Phi) is 4.81. The third-order valence-electron chi connectivity index (χ3n) is 3.79. The minimum absolute atomic E-state index is 0.0486. The molecule has 0 radical (unpaired) electrons. The van der Waals surface area contributed by atoms with Gasteiger partial charge in [0.25, 0.3) is 20.2 Å². The van der Waals surface area contributed by atoms with Crippen LogP contribution in [0.4, 0.5) is 17.1 Å². The molecular formula is C16H13N3O7S2. The Bertz CT molecular complexity index is 1330. The van der Waals surface area contributed by atoms with Gasteiger partial charge in [0.15, 0.2) is 0 Å². The summed E-state index contributed by atoms with van der Waals surface area (Å²) in [6.45, 7) is 0. The predicted molar refractivity (Wildman–Crippen MR) is 100 cm³/mol. The van der Waals surface area contributed by atoms with Crippen LogP contribution in [0.3, 0.4) is 0 Å². The van der Waals surface area contributed by atoms with Crippen LogP contribution in [0.15, 0.2) is 68.6 Å². The fraction of sp³-hybridized carbons (Fsp3) is 0. The Balaban J connectivity index is 2.26. The molecule has 0 aliphatic rings. The number of phenolic OH excluding ortho intramolecular Hbond substituents is 1. The Hall–Kier alpha value is -3.06. The van der Waals surface area contributed by atoms with E-state index in [4.69, 9.17) is 5.73 Å². The van der Waals surface area contributed by atoms with Crippen LogP contribution >= 0.6 is 0 Å². The smallest absolute Gasteiger partial charge is 0.296 e. The molecule has 3 rings (SSSR count). The van der Waals surface area contributed by atoms with Gasteiger partial charge in [-0.3, -0.25) is 9.11 Å². The number of nitrogens with zero attached hydrogens (tertiary/aromatic N) is 2. The van der Waals surface area contributed by atoms with E-state index in [1.165, 1.54) is 30.3 Å². The second-order valence-corrected chi connectivity index (χ2v) is 8.47. The summed E-state index contributed by atoms with van der Waals surface area (Å²) >= 11 is 0. The molecule has 3 aromatic carbocycles. The summed E-state index contributed by atoms with van der Waals surface area (Å²) in [5.74, 6) is -0.445. The van der Waals surface area contributed by atoms with Gasteiger partial charge >= 0.3 is 0 Å². The molecule has 5 N–H and O–H groups in total. The lowest BCUT2D eigenvalue weighted by molar-refractivity contribution is 0.471. The van der Waals surface area contributed by atoms with Crippen molar-refractivity contribution in [1.82, 2.24) is 0 Å². The molecule has 0 spiro atoms. The number of aromatic hydroxyl groups is 1. The van der Waals surface area contributed by atoms with E-state index in [1.807, 2.05) is 0 Å². The van der Waals surface area contributed by atoms with E-state index in [1.54, 1.807) is 0 Å². The molecule has 0 aliphatic heterocycles. The summed E-state index contributed by atoms with van der Waals surface area (Å²) in [5, 5.41) is 18.0. The van der Waals surface area contributed by atoms with Crippen LogP contribution < -0.4 is 5.73 Å². The van der Waals surface area contributed by atoms with E-state index in [0.29, 0.717) is 0 Å². The number of rotatable bonds is 4. The number of nitrogen functional groups attached to an aromatic ring is 1. The third-order valence-corrected chi connectivity index (χ3v) is 5.52. The summed E-state index contributed by atoms with van der Waals surface area (Å²) < 4.78 is 64.3. The zero-order valence-electron chi connectivity index (χ0n) is 13.9. The van der Waals surface area contributed by atoms with E-state index in [2.05, 4.69) is 10.2 Å². The zero-order chi connectivity index (χ0) is 20.7. The van der Waals surface area contributed by atoms with Gasteiger partial charge in [-0.25, -0.2) is 0 Å². The molecule has 3 aromatic rings. The Morgan fingerprint density at radius 3 is 2.14 bits per heavy atom. The highest BCUT2D eigenvalue weighted by molar-refractivity contribution is 7.86. The quantitative estimate of drug-likeness (QED) is 0.281. The van der Waals surface area contributed by atoms with Crippen LogP contribution in [0.1, 0.15) is 0 Å². The van der Waals surface area contributed by atoms with Gasteiger partial charge in [0.1, 0.15) is 22.0 Å². The number of azo groups is 1. The highest BCUT2D eigenvalue weighted by Gasteiger charge is 2.18. The lowest BCUT2D eigenvalue weighted by atomic mass is 10.1. The van der Waals surface area contributed by atoms with E-state index in [0.717, 1.165) is 18.2 Å².